The lowest BCUT2D eigenvalue weighted by Crippen LogP contribution is -2.24. The van der Waals surface area contributed by atoms with Gasteiger partial charge in [-0.3, -0.25) is 9.55 Å². The minimum absolute atomic E-state index is 0.00683. The Kier molecular flexibility index (Phi) is 7.58. The van der Waals surface area contributed by atoms with Gasteiger partial charge < -0.3 is 9.47 Å². The number of ether oxygens (including phenoxy) is 2. The monoisotopic (exact) mass is 524 g/mol. The molecule has 1 atom stereocenters. The minimum atomic E-state index is -3.78. The molecule has 1 aromatic carbocycles. The van der Waals surface area contributed by atoms with Crippen molar-refractivity contribution in [2.24, 2.45) is 0 Å². The summed E-state index contributed by atoms with van der Waals surface area (Å²) in [4.78, 5) is 12.0. The van der Waals surface area contributed by atoms with Crippen molar-refractivity contribution in [1.82, 2.24) is 29.7 Å². The van der Waals surface area contributed by atoms with Crippen LogP contribution >= 0.6 is 0 Å². The van der Waals surface area contributed by atoms with Crippen molar-refractivity contribution in [1.29, 1.82) is 0 Å². The maximum Gasteiger partial charge on any atom is 0.170 e. The van der Waals surface area contributed by atoms with Crippen LogP contribution in [0.4, 0.5) is 4.39 Å². The molecule has 0 unspecified atom stereocenters. The zero-order valence-electron chi connectivity index (χ0n) is 20.5. The molecule has 0 fully saturated rings. The van der Waals surface area contributed by atoms with E-state index in [9.17, 15) is 12.8 Å². The summed E-state index contributed by atoms with van der Waals surface area (Å²) in [5.74, 6) is 0.531. The van der Waals surface area contributed by atoms with E-state index in [0.717, 1.165) is 18.0 Å². The summed E-state index contributed by atoms with van der Waals surface area (Å²) in [5, 5.41) is 7.69. The highest BCUT2D eigenvalue weighted by Crippen LogP contribution is 2.36. The Morgan fingerprint density at radius 2 is 1.76 bits per heavy atom. The average Bonchev–Trinajstić information content (AvgIpc) is 3.31. The normalized spacial score (nSPS) is 12.2. The highest BCUT2D eigenvalue weighted by atomic mass is 32.2. The second kappa shape index (κ2) is 10.8. The summed E-state index contributed by atoms with van der Waals surface area (Å²) in [6, 6.07) is 7.03. The van der Waals surface area contributed by atoms with Gasteiger partial charge in [-0.2, -0.15) is 0 Å². The number of nitrogens with zero attached hydrogens (tertiary/aromatic N) is 6. The van der Waals surface area contributed by atoms with Crippen molar-refractivity contribution in [3.05, 3.63) is 78.7 Å². The molecule has 192 valence electrons. The number of halogens is 1. The molecule has 0 aliphatic heterocycles. The third-order valence-electron chi connectivity index (χ3n) is 5.70. The van der Waals surface area contributed by atoms with Crippen LogP contribution in [0, 0.1) is 5.82 Å². The Morgan fingerprint density at radius 1 is 1.08 bits per heavy atom. The molecule has 0 spiro atoms. The molecular weight excluding hydrogens is 499 g/mol. The maximum atomic E-state index is 13.4. The molecule has 0 aliphatic rings. The smallest absolute Gasteiger partial charge is 0.170 e. The summed E-state index contributed by atoms with van der Waals surface area (Å²) < 4.78 is 52.8. The summed E-state index contributed by atoms with van der Waals surface area (Å²) >= 11 is 0. The van der Waals surface area contributed by atoms with Crippen LogP contribution in [0.25, 0.3) is 23.2 Å². The predicted octanol–water partition coefficient (Wildman–Crippen LogP) is 3.46. The van der Waals surface area contributed by atoms with Gasteiger partial charge in [0.05, 0.1) is 31.9 Å². The third kappa shape index (κ3) is 5.48. The molecule has 0 aliphatic carbocycles. The number of hydrogen-bond acceptors (Lipinski definition) is 9. The fourth-order valence-corrected chi connectivity index (χ4v) is 4.96. The summed E-state index contributed by atoms with van der Waals surface area (Å²) in [6.45, 7) is 5.33. The first kappa shape index (κ1) is 25.9. The molecule has 0 bridgehead atoms. The van der Waals surface area contributed by atoms with Crippen LogP contribution in [-0.2, 0) is 22.0 Å². The summed E-state index contributed by atoms with van der Waals surface area (Å²) in [7, 11) is -0.777. The number of pyridine rings is 1. The van der Waals surface area contributed by atoms with Crippen LogP contribution in [0.1, 0.15) is 24.1 Å². The molecule has 4 aromatic rings. The largest absolute Gasteiger partial charge is 0.494 e. The molecule has 0 saturated carbocycles. The van der Waals surface area contributed by atoms with Crippen LogP contribution in [0.5, 0.6) is 11.5 Å². The number of benzene rings is 1. The summed E-state index contributed by atoms with van der Waals surface area (Å²) in [5.41, 5.74) is 1.78. The lowest BCUT2D eigenvalue weighted by Gasteiger charge is -2.18. The van der Waals surface area contributed by atoms with E-state index in [4.69, 9.17) is 9.47 Å². The molecular formula is C25H25FN6O4S. The summed E-state index contributed by atoms with van der Waals surface area (Å²) in [6.07, 6.45) is 6.90. The van der Waals surface area contributed by atoms with Gasteiger partial charge >= 0.3 is 0 Å². The fourth-order valence-electron chi connectivity index (χ4n) is 3.73. The van der Waals surface area contributed by atoms with Crippen molar-refractivity contribution in [3.63, 3.8) is 0 Å². The van der Waals surface area contributed by atoms with Crippen molar-refractivity contribution in [2.45, 2.75) is 24.3 Å². The van der Waals surface area contributed by atoms with Gasteiger partial charge in [0.25, 0.3) is 0 Å². The van der Waals surface area contributed by atoms with Gasteiger partial charge in [-0.05, 0) is 30.7 Å². The number of methoxy groups -OCH3 is 2. The van der Waals surface area contributed by atoms with E-state index < -0.39 is 26.7 Å². The Labute approximate surface area is 213 Å². The molecule has 12 heteroatoms. The van der Waals surface area contributed by atoms with E-state index in [1.165, 1.54) is 14.2 Å². The van der Waals surface area contributed by atoms with E-state index in [0.29, 0.717) is 28.6 Å². The molecule has 4 rings (SSSR count). The lowest BCUT2D eigenvalue weighted by atomic mass is 10.2. The van der Waals surface area contributed by atoms with Crippen LogP contribution in [0.2, 0.25) is 0 Å². The molecule has 10 nitrogen and oxygen atoms in total. The van der Waals surface area contributed by atoms with Gasteiger partial charge in [0, 0.05) is 24.4 Å². The zero-order chi connectivity index (χ0) is 26.6. The van der Waals surface area contributed by atoms with Gasteiger partial charge in [-0.25, -0.2) is 22.8 Å². The van der Waals surface area contributed by atoms with E-state index in [2.05, 4.69) is 31.7 Å². The second-order valence-electron chi connectivity index (χ2n) is 8.14. The molecule has 0 amide bonds. The number of hydrogen-bond donors (Lipinski definition) is 0. The van der Waals surface area contributed by atoms with Crippen LogP contribution in [0.3, 0.4) is 0 Å². The highest BCUT2D eigenvalue weighted by molar-refractivity contribution is 7.91. The van der Waals surface area contributed by atoms with Gasteiger partial charge in [0.2, 0.25) is 0 Å². The molecule has 0 N–H and O–H groups in total. The predicted molar refractivity (Wildman–Crippen MR) is 136 cm³/mol. The van der Waals surface area contributed by atoms with Gasteiger partial charge in [-0.15, -0.1) is 10.2 Å². The van der Waals surface area contributed by atoms with Crippen LogP contribution in [0.15, 0.2) is 55.6 Å². The van der Waals surface area contributed by atoms with E-state index in [1.807, 2.05) is 6.07 Å². The van der Waals surface area contributed by atoms with E-state index >= 15 is 0 Å². The van der Waals surface area contributed by atoms with E-state index in [1.54, 1.807) is 48.2 Å². The van der Waals surface area contributed by atoms with Gasteiger partial charge in [0.15, 0.2) is 27.3 Å². The first-order valence-corrected chi connectivity index (χ1v) is 12.9. The molecule has 37 heavy (non-hydrogen) atoms. The van der Waals surface area contributed by atoms with Crippen LogP contribution < -0.4 is 9.47 Å². The SMILES string of the molecule is C=Cc1cncc(-c2nnc(CS(=O)(=O)[C@@H](C)Cc3ncc(F)cn3)n2-c2c(OC)cccc2OC)c1. The molecule has 0 radical (unpaired) electrons. The van der Waals surface area contributed by atoms with Crippen molar-refractivity contribution < 1.29 is 22.3 Å². The van der Waals surface area contributed by atoms with Gasteiger partial charge in [0.1, 0.15) is 28.8 Å². The molecule has 0 saturated heterocycles. The molecule has 3 heterocycles. The fraction of sp³-hybridized carbons (Fsp3) is 0.240. The highest BCUT2D eigenvalue weighted by Gasteiger charge is 2.29. The van der Waals surface area contributed by atoms with Crippen molar-refractivity contribution >= 4 is 15.9 Å². The maximum absolute atomic E-state index is 13.4. The van der Waals surface area contributed by atoms with Crippen molar-refractivity contribution in [3.8, 4) is 28.6 Å². The average molecular weight is 525 g/mol. The quantitative estimate of drug-likeness (QED) is 0.307. The third-order valence-corrected chi connectivity index (χ3v) is 7.75. The number of aromatic nitrogens is 6. The Morgan fingerprint density at radius 3 is 2.38 bits per heavy atom. The second-order valence-corrected chi connectivity index (χ2v) is 10.6. The number of sulfone groups is 1. The molecule has 3 aromatic heterocycles. The number of para-hydroxylation sites is 1. The minimum Gasteiger partial charge on any atom is -0.494 e. The topological polar surface area (TPSA) is 122 Å². The standard InChI is InChI=1S/C25H25FN6O4S/c1-5-17-10-18(12-27-11-17)25-31-30-23(32(25)24-20(35-3)7-6-8-21(24)36-4)15-37(33,34)16(2)9-22-28-13-19(26)14-29-22/h5-8,10-14,16H,1,9,15H2,2-4H3/t16-/m0/s1. The first-order valence-electron chi connectivity index (χ1n) is 11.2. The van der Waals surface area contributed by atoms with E-state index in [-0.39, 0.29) is 18.1 Å². The zero-order valence-corrected chi connectivity index (χ0v) is 21.3. The Bertz CT molecular complexity index is 1500. The van der Waals surface area contributed by atoms with Crippen molar-refractivity contribution in [2.75, 3.05) is 14.2 Å². The Balaban J connectivity index is 1.82. The lowest BCUT2D eigenvalue weighted by molar-refractivity contribution is 0.391. The van der Waals surface area contributed by atoms with Gasteiger partial charge in [-0.1, -0.05) is 18.7 Å². The van der Waals surface area contributed by atoms with Crippen LogP contribution in [-0.4, -0.2) is 57.6 Å². The Hall–Kier alpha value is -4.19. The first-order chi connectivity index (χ1) is 17.8. The number of rotatable bonds is 10.